The SMILES string of the molecule is Cc1cnc(-c2ccccc2)n1C1CCCN(C(=O)COc2ccccc2)C1. The Morgan fingerprint density at radius 2 is 1.82 bits per heavy atom. The van der Waals surface area contributed by atoms with E-state index < -0.39 is 0 Å². The number of nitrogens with zero attached hydrogens (tertiary/aromatic N) is 3. The number of para-hydroxylation sites is 1. The van der Waals surface area contributed by atoms with Gasteiger partial charge in [0.15, 0.2) is 6.61 Å². The summed E-state index contributed by atoms with van der Waals surface area (Å²) in [5, 5.41) is 0. The Kier molecular flexibility index (Phi) is 5.42. The van der Waals surface area contributed by atoms with Gasteiger partial charge in [0.05, 0.1) is 6.04 Å². The van der Waals surface area contributed by atoms with Crippen molar-refractivity contribution in [3.63, 3.8) is 0 Å². The molecule has 0 radical (unpaired) electrons. The number of hydrogen-bond acceptors (Lipinski definition) is 3. The van der Waals surface area contributed by atoms with E-state index in [1.807, 2.05) is 59.6 Å². The maximum absolute atomic E-state index is 12.7. The average molecular weight is 375 g/mol. The summed E-state index contributed by atoms with van der Waals surface area (Å²) in [5.41, 5.74) is 2.23. The minimum Gasteiger partial charge on any atom is -0.484 e. The maximum atomic E-state index is 12.7. The molecule has 0 bridgehead atoms. The van der Waals surface area contributed by atoms with Crippen molar-refractivity contribution in [2.75, 3.05) is 19.7 Å². The molecule has 1 amide bonds. The van der Waals surface area contributed by atoms with Crippen LogP contribution in [0.15, 0.2) is 66.9 Å². The Balaban J connectivity index is 1.47. The number of amides is 1. The molecule has 1 aliphatic rings. The first kappa shape index (κ1) is 18.3. The minimum atomic E-state index is 0.0348. The number of aromatic nitrogens is 2. The first-order chi connectivity index (χ1) is 13.7. The lowest BCUT2D eigenvalue weighted by atomic mass is 10.0. The smallest absolute Gasteiger partial charge is 0.260 e. The zero-order valence-corrected chi connectivity index (χ0v) is 16.1. The van der Waals surface area contributed by atoms with E-state index >= 15 is 0 Å². The summed E-state index contributed by atoms with van der Waals surface area (Å²) in [4.78, 5) is 19.3. The highest BCUT2D eigenvalue weighted by Crippen LogP contribution is 2.29. The predicted octanol–water partition coefficient (Wildman–Crippen LogP) is 4.10. The standard InChI is InChI=1S/C23H25N3O2/c1-18-15-24-23(19-9-4-2-5-10-19)26(18)20-11-8-14-25(16-20)22(27)17-28-21-12-6-3-7-13-21/h2-7,9-10,12-13,15,20H,8,11,14,16-17H2,1H3. The number of carbonyl (C=O) groups excluding carboxylic acids is 1. The molecule has 2 heterocycles. The Labute approximate surface area is 165 Å². The van der Waals surface area contributed by atoms with Crippen molar-refractivity contribution in [2.45, 2.75) is 25.8 Å². The molecule has 1 unspecified atom stereocenters. The van der Waals surface area contributed by atoms with Gasteiger partial charge in [0.1, 0.15) is 11.6 Å². The van der Waals surface area contributed by atoms with Crippen molar-refractivity contribution in [1.29, 1.82) is 0 Å². The van der Waals surface area contributed by atoms with Gasteiger partial charge < -0.3 is 14.2 Å². The summed E-state index contributed by atoms with van der Waals surface area (Å²) in [6.45, 7) is 3.62. The van der Waals surface area contributed by atoms with Crippen LogP contribution in [0.25, 0.3) is 11.4 Å². The van der Waals surface area contributed by atoms with Crippen molar-refractivity contribution in [3.05, 3.63) is 72.6 Å². The summed E-state index contributed by atoms with van der Waals surface area (Å²) in [7, 11) is 0. The van der Waals surface area contributed by atoms with Gasteiger partial charge in [-0.3, -0.25) is 4.79 Å². The highest BCUT2D eigenvalue weighted by Gasteiger charge is 2.27. The number of rotatable bonds is 5. The number of likely N-dealkylation sites (tertiary alicyclic amines) is 1. The first-order valence-electron chi connectivity index (χ1n) is 9.77. The molecular formula is C23H25N3O2. The molecule has 0 saturated carbocycles. The maximum Gasteiger partial charge on any atom is 0.260 e. The van der Waals surface area contributed by atoms with Crippen LogP contribution >= 0.6 is 0 Å². The number of aryl methyl sites for hydroxylation is 1. The average Bonchev–Trinajstić information content (AvgIpc) is 3.15. The second-order valence-corrected chi connectivity index (χ2v) is 7.20. The highest BCUT2D eigenvalue weighted by atomic mass is 16.5. The van der Waals surface area contributed by atoms with Crippen LogP contribution in [0, 0.1) is 6.92 Å². The largest absolute Gasteiger partial charge is 0.484 e. The van der Waals surface area contributed by atoms with Crippen LogP contribution in [0.5, 0.6) is 5.75 Å². The Bertz CT molecular complexity index is 922. The lowest BCUT2D eigenvalue weighted by molar-refractivity contribution is -0.135. The molecule has 2 aromatic carbocycles. The van der Waals surface area contributed by atoms with E-state index in [2.05, 4.69) is 28.6 Å². The molecule has 3 aromatic rings. The van der Waals surface area contributed by atoms with Crippen molar-refractivity contribution in [3.8, 4) is 17.1 Å². The van der Waals surface area contributed by atoms with Gasteiger partial charge >= 0.3 is 0 Å². The number of benzene rings is 2. The van der Waals surface area contributed by atoms with Gasteiger partial charge in [-0.15, -0.1) is 0 Å². The van der Waals surface area contributed by atoms with E-state index in [4.69, 9.17) is 4.74 Å². The van der Waals surface area contributed by atoms with Crippen LogP contribution in [-0.2, 0) is 4.79 Å². The van der Waals surface area contributed by atoms with Gasteiger partial charge in [-0.2, -0.15) is 0 Å². The fourth-order valence-corrected chi connectivity index (χ4v) is 3.85. The normalized spacial score (nSPS) is 16.8. The van der Waals surface area contributed by atoms with Crippen LogP contribution in [0.1, 0.15) is 24.6 Å². The van der Waals surface area contributed by atoms with E-state index in [0.717, 1.165) is 42.2 Å². The zero-order valence-electron chi connectivity index (χ0n) is 16.1. The molecule has 1 aliphatic heterocycles. The van der Waals surface area contributed by atoms with Crippen molar-refractivity contribution < 1.29 is 9.53 Å². The molecule has 1 atom stereocenters. The van der Waals surface area contributed by atoms with E-state index in [1.54, 1.807) is 0 Å². The van der Waals surface area contributed by atoms with E-state index in [-0.39, 0.29) is 18.6 Å². The summed E-state index contributed by atoms with van der Waals surface area (Å²) < 4.78 is 7.94. The predicted molar refractivity (Wildman–Crippen MR) is 109 cm³/mol. The number of hydrogen-bond donors (Lipinski definition) is 0. The number of ether oxygens (including phenoxy) is 1. The van der Waals surface area contributed by atoms with Gasteiger partial charge in [-0.1, -0.05) is 48.5 Å². The molecule has 144 valence electrons. The lowest BCUT2D eigenvalue weighted by Gasteiger charge is -2.34. The first-order valence-corrected chi connectivity index (χ1v) is 9.77. The highest BCUT2D eigenvalue weighted by molar-refractivity contribution is 5.78. The van der Waals surface area contributed by atoms with Crippen LogP contribution < -0.4 is 4.74 Å². The van der Waals surface area contributed by atoms with Gasteiger partial charge in [0.25, 0.3) is 5.91 Å². The van der Waals surface area contributed by atoms with Crippen LogP contribution in [0.3, 0.4) is 0 Å². The molecule has 1 aromatic heterocycles. The fraction of sp³-hybridized carbons (Fsp3) is 0.304. The van der Waals surface area contributed by atoms with Crippen molar-refractivity contribution in [1.82, 2.24) is 14.5 Å². The van der Waals surface area contributed by atoms with Crippen LogP contribution in [0.4, 0.5) is 0 Å². The molecule has 0 N–H and O–H groups in total. The Hall–Kier alpha value is -3.08. The third kappa shape index (κ3) is 3.93. The molecule has 1 saturated heterocycles. The second-order valence-electron chi connectivity index (χ2n) is 7.20. The monoisotopic (exact) mass is 375 g/mol. The number of carbonyl (C=O) groups is 1. The van der Waals surface area contributed by atoms with Crippen molar-refractivity contribution in [2.24, 2.45) is 0 Å². The Morgan fingerprint density at radius 1 is 1.11 bits per heavy atom. The lowest BCUT2D eigenvalue weighted by Crippen LogP contribution is -2.43. The molecule has 0 spiro atoms. The van der Waals surface area contributed by atoms with Crippen LogP contribution in [0.2, 0.25) is 0 Å². The third-order valence-electron chi connectivity index (χ3n) is 5.23. The topological polar surface area (TPSA) is 47.4 Å². The fourth-order valence-electron chi connectivity index (χ4n) is 3.85. The van der Waals surface area contributed by atoms with Crippen molar-refractivity contribution >= 4 is 5.91 Å². The second kappa shape index (κ2) is 8.30. The van der Waals surface area contributed by atoms with E-state index in [1.165, 1.54) is 0 Å². The summed E-state index contributed by atoms with van der Waals surface area (Å²) >= 11 is 0. The molecule has 1 fully saturated rings. The third-order valence-corrected chi connectivity index (χ3v) is 5.23. The molecular weight excluding hydrogens is 350 g/mol. The molecule has 5 nitrogen and oxygen atoms in total. The zero-order chi connectivity index (χ0) is 19.3. The molecule has 0 aliphatic carbocycles. The molecule has 28 heavy (non-hydrogen) atoms. The molecule has 5 heteroatoms. The van der Waals surface area contributed by atoms with Gasteiger partial charge in [-0.25, -0.2) is 4.98 Å². The van der Waals surface area contributed by atoms with Gasteiger partial charge in [0, 0.05) is 30.5 Å². The van der Waals surface area contributed by atoms with Gasteiger partial charge in [0.2, 0.25) is 0 Å². The summed E-state index contributed by atoms with van der Waals surface area (Å²) in [6.07, 6.45) is 3.94. The number of imidazole rings is 1. The van der Waals surface area contributed by atoms with E-state index in [9.17, 15) is 4.79 Å². The van der Waals surface area contributed by atoms with E-state index in [0.29, 0.717) is 6.54 Å². The minimum absolute atomic E-state index is 0.0348. The summed E-state index contributed by atoms with van der Waals surface area (Å²) in [6, 6.07) is 19.9. The summed E-state index contributed by atoms with van der Waals surface area (Å²) in [5.74, 6) is 1.73. The van der Waals surface area contributed by atoms with Gasteiger partial charge in [-0.05, 0) is 31.9 Å². The van der Waals surface area contributed by atoms with Crippen LogP contribution in [-0.4, -0.2) is 40.1 Å². The number of piperidine rings is 1. The molecule has 4 rings (SSSR count). The Morgan fingerprint density at radius 3 is 2.57 bits per heavy atom. The quantitative estimate of drug-likeness (QED) is 0.674.